The molecule has 3 heteroatoms. The molecule has 0 amide bonds. The van der Waals surface area contributed by atoms with Gasteiger partial charge in [0.05, 0.1) is 6.61 Å². The van der Waals surface area contributed by atoms with Crippen LogP contribution in [0.5, 0.6) is 0 Å². The molecule has 0 spiro atoms. The molecule has 2 atom stereocenters. The maximum absolute atomic E-state index is 8.63. The van der Waals surface area contributed by atoms with E-state index in [1.807, 2.05) is 6.92 Å². The van der Waals surface area contributed by atoms with Gasteiger partial charge in [0.15, 0.2) is 0 Å². The van der Waals surface area contributed by atoms with Crippen LogP contribution in [0.4, 0.5) is 0 Å². The molecular formula is C6H9BO2. The van der Waals surface area contributed by atoms with Gasteiger partial charge in [-0.2, -0.15) is 0 Å². The molecule has 0 aromatic carbocycles. The van der Waals surface area contributed by atoms with Gasteiger partial charge < -0.3 is 9.84 Å². The van der Waals surface area contributed by atoms with Crippen LogP contribution in [0.25, 0.3) is 0 Å². The maximum atomic E-state index is 8.63. The molecule has 0 saturated carbocycles. The average molecular weight is 124 g/mol. The second-order valence-corrected chi connectivity index (χ2v) is 2.18. The summed E-state index contributed by atoms with van der Waals surface area (Å²) in [4.78, 5) is 0. The molecule has 1 aliphatic heterocycles. The number of hydrogen-bond donors (Lipinski definition) is 1. The molecule has 0 unspecified atom stereocenters. The van der Waals surface area contributed by atoms with Gasteiger partial charge in [0.2, 0.25) is 0 Å². The molecule has 2 nitrogen and oxygen atoms in total. The third kappa shape index (κ3) is 1.34. The van der Waals surface area contributed by atoms with Crippen LogP contribution in [-0.2, 0) is 4.74 Å². The van der Waals surface area contributed by atoms with Crippen LogP contribution in [-0.4, -0.2) is 31.7 Å². The molecule has 1 rings (SSSR count). The summed E-state index contributed by atoms with van der Waals surface area (Å²) in [5.41, 5.74) is 1.02. The lowest BCUT2D eigenvalue weighted by Gasteiger charge is -2.09. The van der Waals surface area contributed by atoms with Crippen LogP contribution in [0.2, 0.25) is 0 Å². The Morgan fingerprint density at radius 1 is 1.89 bits per heavy atom. The first-order valence-electron chi connectivity index (χ1n) is 2.94. The van der Waals surface area contributed by atoms with Crippen molar-refractivity contribution >= 4 is 7.85 Å². The second-order valence-electron chi connectivity index (χ2n) is 2.18. The number of rotatable bonds is 1. The van der Waals surface area contributed by atoms with Gasteiger partial charge >= 0.3 is 0 Å². The van der Waals surface area contributed by atoms with E-state index in [9.17, 15) is 0 Å². The summed E-state index contributed by atoms with van der Waals surface area (Å²) in [6.45, 7) is 1.92. The number of hydrogen-bond acceptors (Lipinski definition) is 2. The highest BCUT2D eigenvalue weighted by Gasteiger charge is 2.19. The Morgan fingerprint density at radius 3 is 2.78 bits per heavy atom. The molecule has 9 heavy (non-hydrogen) atoms. The van der Waals surface area contributed by atoms with Gasteiger partial charge in [0.25, 0.3) is 0 Å². The Bertz CT molecular complexity index is 133. The minimum Gasteiger partial charge on any atom is -0.393 e. The number of aliphatic hydroxyl groups excluding tert-OH is 1. The summed E-state index contributed by atoms with van der Waals surface area (Å²) < 4.78 is 5.06. The first-order chi connectivity index (χ1) is 4.24. The zero-order valence-electron chi connectivity index (χ0n) is 5.37. The summed E-state index contributed by atoms with van der Waals surface area (Å²) in [7, 11) is 5.38. The van der Waals surface area contributed by atoms with Gasteiger partial charge in [-0.25, -0.2) is 0 Å². The standard InChI is InChI=1S/C6H9BO2/c1-4-2-6(7)9-5(4)3-8/h2,5-6,8H,3H2,1H3/t5-,6-/m1/s1. The van der Waals surface area contributed by atoms with Crippen molar-refractivity contribution < 1.29 is 9.84 Å². The van der Waals surface area contributed by atoms with Crippen LogP contribution in [0.1, 0.15) is 6.92 Å². The molecule has 0 bridgehead atoms. The monoisotopic (exact) mass is 124 g/mol. The van der Waals surface area contributed by atoms with Crippen LogP contribution >= 0.6 is 0 Å². The smallest absolute Gasteiger partial charge is 0.114 e. The van der Waals surface area contributed by atoms with Gasteiger partial charge in [-0.15, -0.1) is 0 Å². The average Bonchev–Trinajstić information content (AvgIpc) is 2.10. The Morgan fingerprint density at radius 2 is 2.56 bits per heavy atom. The van der Waals surface area contributed by atoms with E-state index < -0.39 is 0 Å². The topological polar surface area (TPSA) is 29.5 Å². The Labute approximate surface area is 55.9 Å². The highest BCUT2D eigenvalue weighted by molar-refractivity contribution is 6.12. The lowest BCUT2D eigenvalue weighted by atomic mass is 10.00. The van der Waals surface area contributed by atoms with Gasteiger partial charge in [0.1, 0.15) is 14.0 Å². The largest absolute Gasteiger partial charge is 0.393 e. The van der Waals surface area contributed by atoms with Crippen LogP contribution in [0.15, 0.2) is 11.6 Å². The molecule has 0 aromatic rings. The highest BCUT2D eigenvalue weighted by atomic mass is 16.5. The Hall–Kier alpha value is -0.275. The lowest BCUT2D eigenvalue weighted by molar-refractivity contribution is 0.0529. The van der Waals surface area contributed by atoms with Crippen LogP contribution in [0, 0.1) is 0 Å². The summed E-state index contributed by atoms with van der Waals surface area (Å²) >= 11 is 0. The van der Waals surface area contributed by atoms with Crippen molar-refractivity contribution in [2.45, 2.75) is 19.0 Å². The van der Waals surface area contributed by atoms with Gasteiger partial charge in [0, 0.05) is 6.00 Å². The third-order valence-electron chi connectivity index (χ3n) is 1.42. The van der Waals surface area contributed by atoms with Crippen molar-refractivity contribution in [1.29, 1.82) is 0 Å². The van der Waals surface area contributed by atoms with E-state index in [-0.39, 0.29) is 18.7 Å². The molecule has 0 aromatic heterocycles. The van der Waals surface area contributed by atoms with Gasteiger partial charge in [-0.1, -0.05) is 6.08 Å². The van der Waals surface area contributed by atoms with Crippen molar-refractivity contribution in [2.75, 3.05) is 6.61 Å². The third-order valence-corrected chi connectivity index (χ3v) is 1.42. The fraction of sp³-hybridized carbons (Fsp3) is 0.667. The molecule has 1 aliphatic rings. The molecule has 0 aliphatic carbocycles. The van der Waals surface area contributed by atoms with Crippen molar-refractivity contribution in [3.05, 3.63) is 11.6 Å². The van der Waals surface area contributed by atoms with E-state index in [2.05, 4.69) is 0 Å². The number of aliphatic hydroxyl groups is 1. The zero-order valence-corrected chi connectivity index (χ0v) is 5.37. The quantitative estimate of drug-likeness (QED) is 0.388. The van der Waals surface area contributed by atoms with Crippen molar-refractivity contribution in [2.24, 2.45) is 0 Å². The summed E-state index contributed by atoms with van der Waals surface area (Å²) in [5, 5.41) is 8.63. The van der Waals surface area contributed by atoms with Crippen molar-refractivity contribution in [3.8, 4) is 0 Å². The lowest BCUT2D eigenvalue weighted by Crippen LogP contribution is -2.17. The molecule has 0 saturated heterocycles. The first kappa shape index (κ1) is 6.84. The normalized spacial score (nSPS) is 34.7. The van der Waals surface area contributed by atoms with E-state index in [0.717, 1.165) is 5.57 Å². The SMILES string of the molecule is [B][C@H]1C=C(C)[C@@H](CO)O1. The summed E-state index contributed by atoms with van der Waals surface area (Å²) in [6, 6.07) is -0.317. The molecule has 48 valence electrons. The van der Waals surface area contributed by atoms with Gasteiger partial charge in [-0.05, 0) is 12.5 Å². The Balaban J connectivity index is 2.53. The number of ether oxygens (including phenoxy) is 1. The summed E-state index contributed by atoms with van der Waals surface area (Å²) in [6.07, 6.45) is 1.64. The fourth-order valence-corrected chi connectivity index (χ4v) is 0.890. The van der Waals surface area contributed by atoms with E-state index >= 15 is 0 Å². The molecule has 1 heterocycles. The molecule has 2 radical (unpaired) electrons. The second kappa shape index (κ2) is 2.54. The molecular weight excluding hydrogens is 115 g/mol. The molecule has 1 N–H and O–H groups in total. The van der Waals surface area contributed by atoms with Crippen molar-refractivity contribution in [1.82, 2.24) is 0 Å². The van der Waals surface area contributed by atoms with E-state index in [0.29, 0.717) is 0 Å². The minimum atomic E-state index is -0.317. The maximum Gasteiger partial charge on any atom is 0.114 e. The van der Waals surface area contributed by atoms with Crippen molar-refractivity contribution in [3.63, 3.8) is 0 Å². The summed E-state index contributed by atoms with van der Waals surface area (Å²) in [5.74, 6) is 0. The predicted molar refractivity (Wildman–Crippen MR) is 35.3 cm³/mol. The first-order valence-corrected chi connectivity index (χ1v) is 2.94. The highest BCUT2D eigenvalue weighted by Crippen LogP contribution is 2.16. The molecule has 0 fully saturated rings. The minimum absolute atomic E-state index is 0.0238. The zero-order chi connectivity index (χ0) is 6.85. The fourth-order valence-electron chi connectivity index (χ4n) is 0.890. The Kier molecular flexibility index (Phi) is 1.93. The van der Waals surface area contributed by atoms with Gasteiger partial charge in [-0.3, -0.25) is 0 Å². The van der Waals surface area contributed by atoms with E-state index in [4.69, 9.17) is 17.7 Å². The van der Waals surface area contributed by atoms with E-state index in [1.165, 1.54) is 0 Å². The van der Waals surface area contributed by atoms with E-state index in [1.54, 1.807) is 6.08 Å². The van der Waals surface area contributed by atoms with Crippen LogP contribution < -0.4 is 0 Å². The predicted octanol–water partition coefficient (Wildman–Crippen LogP) is -0.182. The van der Waals surface area contributed by atoms with Crippen LogP contribution in [0.3, 0.4) is 0 Å².